The third-order valence-corrected chi connectivity index (χ3v) is 9.57. The molecule has 5 atom stereocenters. The van der Waals surface area contributed by atoms with Crippen molar-refractivity contribution in [2.24, 2.45) is 17.6 Å². The first-order valence-electron chi connectivity index (χ1n) is 13.2. The number of nitrogens with zero attached hydrogens (tertiary/aromatic N) is 1. The summed E-state index contributed by atoms with van der Waals surface area (Å²) in [5.41, 5.74) is 4.66. The molecule has 3 aliphatic rings. The van der Waals surface area contributed by atoms with E-state index in [1.54, 1.807) is 20.8 Å². The zero-order chi connectivity index (χ0) is 29.0. The van der Waals surface area contributed by atoms with Crippen LogP contribution in [0.15, 0.2) is 12.2 Å². The zero-order valence-corrected chi connectivity index (χ0v) is 24.3. The Balaban J connectivity index is 1.43. The van der Waals surface area contributed by atoms with Gasteiger partial charge in [-0.25, -0.2) is 13.2 Å². The van der Waals surface area contributed by atoms with Crippen LogP contribution >= 0.6 is 11.8 Å². The molecule has 0 aromatic carbocycles. The number of sulfonamides is 1. The van der Waals surface area contributed by atoms with Crippen LogP contribution in [0.1, 0.15) is 59.3 Å². The summed E-state index contributed by atoms with van der Waals surface area (Å²) in [7, 11) is -3.52. The number of rotatable bonds is 13. The van der Waals surface area contributed by atoms with Gasteiger partial charge >= 0.3 is 6.09 Å². The first-order valence-corrected chi connectivity index (χ1v) is 16.0. The number of primary amides is 1. The van der Waals surface area contributed by atoms with Crippen molar-refractivity contribution < 1.29 is 37.4 Å². The molecular formula is C25H40N4O8S2. The lowest BCUT2D eigenvalue weighted by Gasteiger charge is -2.28. The highest BCUT2D eigenvalue weighted by atomic mass is 32.2. The summed E-state index contributed by atoms with van der Waals surface area (Å²) in [4.78, 5) is 50.7. The highest BCUT2D eigenvalue weighted by molar-refractivity contribution is 7.99. The van der Waals surface area contributed by atoms with E-state index in [9.17, 15) is 32.7 Å². The molecule has 4 amide bonds. The first-order chi connectivity index (χ1) is 18.2. The van der Waals surface area contributed by atoms with E-state index in [1.165, 1.54) is 16.7 Å². The number of likely N-dealkylation sites (tertiary alicyclic amines) is 1. The number of carbonyl (C=O) groups excluding carboxylic acids is 4. The molecule has 0 spiro atoms. The van der Waals surface area contributed by atoms with Crippen molar-refractivity contribution in [2.45, 2.75) is 88.3 Å². The molecule has 0 aromatic rings. The lowest BCUT2D eigenvalue weighted by molar-refractivity contribution is -0.138. The van der Waals surface area contributed by atoms with Crippen LogP contribution in [-0.4, -0.2) is 89.3 Å². The van der Waals surface area contributed by atoms with Crippen molar-refractivity contribution in [1.82, 2.24) is 14.9 Å². The predicted molar refractivity (Wildman–Crippen MR) is 146 cm³/mol. The summed E-state index contributed by atoms with van der Waals surface area (Å²) in [5, 5.41) is 12.1. The number of nitrogens with one attached hydrogen (secondary N) is 2. The number of alkyl carbamates (subject to hydrolysis) is 1. The lowest BCUT2D eigenvalue weighted by Crippen LogP contribution is -2.54. The largest absolute Gasteiger partial charge is 0.444 e. The van der Waals surface area contributed by atoms with Gasteiger partial charge in [0.1, 0.15) is 17.7 Å². The monoisotopic (exact) mass is 588 g/mol. The van der Waals surface area contributed by atoms with Crippen LogP contribution in [0.2, 0.25) is 0 Å². The van der Waals surface area contributed by atoms with Crippen LogP contribution in [-0.2, 0) is 29.1 Å². The van der Waals surface area contributed by atoms with Crippen LogP contribution < -0.4 is 15.8 Å². The van der Waals surface area contributed by atoms with Gasteiger partial charge in [-0.05, 0) is 64.5 Å². The van der Waals surface area contributed by atoms with Crippen molar-refractivity contribution in [3.05, 3.63) is 12.2 Å². The number of nitrogens with two attached hydrogens (primary N) is 1. The topological polar surface area (TPSA) is 185 Å². The number of aliphatic hydroxyl groups is 1. The summed E-state index contributed by atoms with van der Waals surface area (Å²) in [5.74, 6) is -0.986. The van der Waals surface area contributed by atoms with Crippen LogP contribution in [0.25, 0.3) is 0 Å². The molecule has 5 N–H and O–H groups in total. The van der Waals surface area contributed by atoms with E-state index in [1.807, 2.05) is 12.2 Å². The Labute approximate surface area is 233 Å². The molecule has 220 valence electrons. The average molecular weight is 589 g/mol. The summed E-state index contributed by atoms with van der Waals surface area (Å²) < 4.78 is 31.3. The van der Waals surface area contributed by atoms with Crippen molar-refractivity contribution in [1.29, 1.82) is 0 Å². The number of unbranched alkanes of at least 4 members (excludes halogenated alkanes) is 1. The Morgan fingerprint density at radius 2 is 1.90 bits per heavy atom. The first kappa shape index (κ1) is 31.2. The minimum absolute atomic E-state index is 0.0406. The minimum Gasteiger partial charge on any atom is -0.444 e. The standard InChI is InChI=1S/C25H40N4O8S2/c1-25(2,3)37-24(34)27-19(23(33)29-13-16(30)12-20(29)21(26)31)14-38-10-6-4-5-7-15-11-18(15)22(32)28-39(35,36)17-8-9-17/h5,7,15-20,30H,4,6,8-14H2,1-3H3,(H2,26,31)(H,27,34)(H,28,32)/b7-5-/t15-,16-,18+,19+,20+/m1/s1. The van der Waals surface area contributed by atoms with E-state index in [-0.39, 0.29) is 30.6 Å². The second-order valence-electron chi connectivity index (χ2n) is 11.4. The van der Waals surface area contributed by atoms with Crippen molar-refractivity contribution in [3.63, 3.8) is 0 Å². The molecule has 3 rings (SSSR count). The fourth-order valence-corrected chi connectivity index (χ4v) is 6.69. The van der Waals surface area contributed by atoms with Gasteiger partial charge in [-0.1, -0.05) is 12.2 Å². The van der Waals surface area contributed by atoms with Gasteiger partial charge in [-0.3, -0.25) is 19.1 Å². The molecule has 0 unspecified atom stereocenters. The molecule has 2 aliphatic carbocycles. The van der Waals surface area contributed by atoms with Gasteiger partial charge in [-0.2, -0.15) is 11.8 Å². The predicted octanol–water partition coefficient (Wildman–Crippen LogP) is 0.641. The highest BCUT2D eigenvalue weighted by Crippen LogP contribution is 2.40. The van der Waals surface area contributed by atoms with Crippen LogP contribution in [0.5, 0.6) is 0 Å². The molecule has 0 aromatic heterocycles. The van der Waals surface area contributed by atoms with Crippen molar-refractivity contribution in [3.8, 4) is 0 Å². The Morgan fingerprint density at radius 1 is 1.21 bits per heavy atom. The Bertz CT molecular complexity index is 1070. The summed E-state index contributed by atoms with van der Waals surface area (Å²) in [6.07, 6.45) is 5.70. The smallest absolute Gasteiger partial charge is 0.408 e. The molecule has 1 aliphatic heterocycles. The van der Waals surface area contributed by atoms with E-state index in [2.05, 4.69) is 10.0 Å². The quantitative estimate of drug-likeness (QED) is 0.177. The minimum atomic E-state index is -3.52. The highest BCUT2D eigenvalue weighted by Gasteiger charge is 2.45. The number of β-amino-alcohol motifs (C(OH)–C–C–N with tert-alkyl or cyclic N) is 1. The molecule has 0 bridgehead atoms. The van der Waals surface area contributed by atoms with Crippen molar-refractivity contribution in [2.75, 3.05) is 18.1 Å². The van der Waals surface area contributed by atoms with E-state index >= 15 is 0 Å². The van der Waals surface area contributed by atoms with E-state index in [0.29, 0.717) is 25.0 Å². The molecule has 1 heterocycles. The third-order valence-electron chi connectivity index (χ3n) is 6.59. The van der Waals surface area contributed by atoms with Crippen LogP contribution in [0.4, 0.5) is 4.79 Å². The number of allylic oxidation sites excluding steroid dienone is 2. The molecular weight excluding hydrogens is 548 g/mol. The number of amides is 4. The number of aliphatic hydroxyl groups excluding tert-OH is 1. The maximum absolute atomic E-state index is 13.2. The molecule has 3 fully saturated rings. The van der Waals surface area contributed by atoms with Gasteiger partial charge in [0.2, 0.25) is 27.7 Å². The fraction of sp³-hybridized carbons (Fsp3) is 0.760. The van der Waals surface area contributed by atoms with Gasteiger partial charge < -0.3 is 25.8 Å². The molecule has 39 heavy (non-hydrogen) atoms. The van der Waals surface area contributed by atoms with Gasteiger partial charge in [-0.15, -0.1) is 0 Å². The molecule has 0 radical (unpaired) electrons. The normalized spacial score (nSPS) is 25.8. The second-order valence-corrected chi connectivity index (χ2v) is 14.5. The van der Waals surface area contributed by atoms with E-state index in [0.717, 1.165) is 12.8 Å². The average Bonchev–Trinajstić information content (AvgIpc) is 3.73. The number of carbonyl (C=O) groups is 4. The maximum atomic E-state index is 13.2. The number of hydrogen-bond acceptors (Lipinski definition) is 9. The van der Waals surface area contributed by atoms with Crippen molar-refractivity contribution >= 4 is 45.6 Å². The molecule has 1 saturated heterocycles. The fourth-order valence-electron chi connectivity index (χ4n) is 4.33. The van der Waals surface area contributed by atoms with Gasteiger partial charge in [0.05, 0.1) is 11.4 Å². The number of ether oxygens (including phenoxy) is 1. The van der Waals surface area contributed by atoms with Crippen LogP contribution in [0, 0.1) is 11.8 Å². The zero-order valence-electron chi connectivity index (χ0n) is 22.6. The molecule has 14 heteroatoms. The second kappa shape index (κ2) is 12.9. The van der Waals surface area contributed by atoms with Gasteiger partial charge in [0.15, 0.2) is 0 Å². The van der Waals surface area contributed by atoms with E-state index in [4.69, 9.17) is 10.5 Å². The Hall–Kier alpha value is -2.32. The van der Waals surface area contributed by atoms with Crippen LogP contribution in [0.3, 0.4) is 0 Å². The molecule has 12 nitrogen and oxygen atoms in total. The Morgan fingerprint density at radius 3 is 2.51 bits per heavy atom. The third kappa shape index (κ3) is 9.67. The lowest BCUT2D eigenvalue weighted by atomic mass is 10.2. The summed E-state index contributed by atoms with van der Waals surface area (Å²) in [6.45, 7) is 5.08. The SMILES string of the molecule is CC(C)(C)OC(=O)N[C@@H](CSCCC/C=C\[C@@H]1C[C@@H]1C(=O)NS(=O)(=O)C1CC1)C(=O)N1C[C@H](O)C[C@H]1C(N)=O. The summed E-state index contributed by atoms with van der Waals surface area (Å²) >= 11 is 1.45. The number of hydrogen-bond donors (Lipinski definition) is 4. The summed E-state index contributed by atoms with van der Waals surface area (Å²) in [6, 6.07) is -1.90. The van der Waals surface area contributed by atoms with E-state index < -0.39 is 62.9 Å². The number of thioether (sulfide) groups is 1. The Kier molecular flexibility index (Phi) is 10.3. The van der Waals surface area contributed by atoms with Gasteiger partial charge in [0, 0.05) is 24.6 Å². The van der Waals surface area contributed by atoms with Gasteiger partial charge in [0.25, 0.3) is 0 Å². The molecule has 2 saturated carbocycles. The maximum Gasteiger partial charge on any atom is 0.408 e.